The zero-order valence-corrected chi connectivity index (χ0v) is 13.5. The molecule has 1 fully saturated rings. The summed E-state index contributed by atoms with van der Waals surface area (Å²) in [6, 6.07) is 5.20. The summed E-state index contributed by atoms with van der Waals surface area (Å²) in [4.78, 5) is 31.1. The van der Waals surface area contributed by atoms with E-state index in [1.165, 1.54) is 13.5 Å². The molecule has 0 radical (unpaired) electrons. The minimum absolute atomic E-state index is 0.137. The Morgan fingerprint density at radius 1 is 1.27 bits per heavy atom. The lowest BCUT2D eigenvalue weighted by molar-refractivity contribution is -0.736. The van der Waals surface area contributed by atoms with Crippen LogP contribution in [0.1, 0.15) is 42.5 Å². The van der Waals surface area contributed by atoms with Crippen LogP contribution >= 0.6 is 0 Å². The van der Waals surface area contributed by atoms with Gasteiger partial charge >= 0.3 is 5.69 Å². The topological polar surface area (TPSA) is 61.7 Å². The van der Waals surface area contributed by atoms with Crippen molar-refractivity contribution >= 4 is 17.3 Å². The Bertz CT molecular complexity index is 552. The van der Waals surface area contributed by atoms with Crippen molar-refractivity contribution in [1.29, 1.82) is 0 Å². The Labute approximate surface area is 131 Å². The molecule has 0 atom stereocenters. The molecule has 1 aliphatic rings. The highest BCUT2D eigenvalue weighted by atomic mass is 16.8. The summed E-state index contributed by atoms with van der Waals surface area (Å²) in [6.07, 6.45) is 5.60. The lowest BCUT2D eigenvalue weighted by atomic mass is 9.95. The van der Waals surface area contributed by atoms with Crippen LogP contribution in [0.25, 0.3) is 0 Å². The van der Waals surface area contributed by atoms with Crippen LogP contribution in [0.3, 0.4) is 0 Å². The first-order chi connectivity index (χ1) is 10.5. The molecule has 1 N–H and O–H groups in total. The molecule has 0 bridgehead atoms. The van der Waals surface area contributed by atoms with E-state index in [1.54, 1.807) is 18.2 Å². The highest BCUT2D eigenvalue weighted by molar-refractivity contribution is 6.00. The first kappa shape index (κ1) is 16.3. The number of carbonyl (C=O) groups is 1. The molecule has 120 valence electrons. The second kappa shape index (κ2) is 7.24. The van der Waals surface area contributed by atoms with E-state index < -0.39 is 0 Å². The minimum atomic E-state index is -0.137. The standard InChI is InChI=1S/C16H23N3O3/c1-18(2)15-10-9-13(19(21)22-3)11-14(15)16(20)17-12-7-5-4-6-8-12/h9-12H,4-8H2,1-3H3/p+1. The van der Waals surface area contributed by atoms with E-state index >= 15 is 0 Å². The first-order valence-corrected chi connectivity index (χ1v) is 7.66. The first-order valence-electron chi connectivity index (χ1n) is 7.66. The van der Waals surface area contributed by atoms with Crippen LogP contribution in [-0.2, 0) is 4.84 Å². The second-order valence-electron chi connectivity index (χ2n) is 5.84. The van der Waals surface area contributed by atoms with Crippen molar-refractivity contribution in [3.05, 3.63) is 28.7 Å². The van der Waals surface area contributed by atoms with Gasteiger partial charge in [-0.15, -0.1) is 0 Å². The minimum Gasteiger partial charge on any atom is -0.377 e. The van der Waals surface area contributed by atoms with Crippen LogP contribution < -0.4 is 10.2 Å². The molecule has 6 nitrogen and oxygen atoms in total. The maximum atomic E-state index is 12.6. The van der Waals surface area contributed by atoms with Gasteiger partial charge in [0, 0.05) is 38.0 Å². The van der Waals surface area contributed by atoms with E-state index in [9.17, 15) is 9.70 Å². The van der Waals surface area contributed by atoms with Crippen molar-refractivity contribution in [2.24, 2.45) is 0 Å². The molecule has 1 aliphatic carbocycles. The van der Waals surface area contributed by atoms with E-state index in [1.807, 2.05) is 19.0 Å². The summed E-state index contributed by atoms with van der Waals surface area (Å²) in [5, 5.41) is 3.09. The van der Waals surface area contributed by atoms with E-state index in [4.69, 9.17) is 0 Å². The third kappa shape index (κ3) is 3.75. The Morgan fingerprint density at radius 3 is 2.55 bits per heavy atom. The molecule has 0 aliphatic heterocycles. The van der Waals surface area contributed by atoms with Crippen LogP contribution in [-0.4, -0.2) is 38.1 Å². The third-order valence-electron chi connectivity index (χ3n) is 4.02. The molecule has 1 saturated carbocycles. The van der Waals surface area contributed by atoms with Gasteiger partial charge in [-0.2, -0.15) is 0 Å². The number of rotatable bonds is 5. The number of nitrogens with one attached hydrogen (secondary N) is 1. The second-order valence-corrected chi connectivity index (χ2v) is 5.84. The monoisotopic (exact) mass is 306 g/mol. The summed E-state index contributed by atoms with van der Waals surface area (Å²) < 4.78 is 0. The van der Waals surface area contributed by atoms with E-state index in [0.717, 1.165) is 31.4 Å². The largest absolute Gasteiger partial charge is 0.377 e. The maximum absolute atomic E-state index is 12.6. The number of benzene rings is 1. The molecule has 0 aromatic heterocycles. The summed E-state index contributed by atoms with van der Waals surface area (Å²) in [5.41, 5.74) is 1.58. The van der Waals surface area contributed by atoms with Crippen LogP contribution in [0.15, 0.2) is 18.2 Å². The van der Waals surface area contributed by atoms with Crippen LogP contribution in [0.4, 0.5) is 11.4 Å². The third-order valence-corrected chi connectivity index (χ3v) is 4.02. The average molecular weight is 306 g/mol. The molecular formula is C16H24N3O3+. The average Bonchev–Trinajstić information content (AvgIpc) is 2.54. The fourth-order valence-electron chi connectivity index (χ4n) is 2.82. The van der Waals surface area contributed by atoms with Crippen molar-refractivity contribution < 1.29 is 14.6 Å². The molecule has 6 heteroatoms. The maximum Gasteiger partial charge on any atom is 0.317 e. The molecule has 0 spiro atoms. The lowest BCUT2D eigenvalue weighted by Gasteiger charge is -2.24. The molecule has 1 aromatic rings. The van der Waals surface area contributed by atoms with Crippen molar-refractivity contribution in [2.45, 2.75) is 38.1 Å². The van der Waals surface area contributed by atoms with Gasteiger partial charge in [-0.1, -0.05) is 19.3 Å². The highest BCUT2D eigenvalue weighted by Gasteiger charge is 2.23. The molecule has 0 unspecified atom stereocenters. The molecule has 0 heterocycles. The summed E-state index contributed by atoms with van der Waals surface area (Å²) in [7, 11) is 5.05. The zero-order chi connectivity index (χ0) is 16.1. The van der Waals surface area contributed by atoms with Crippen molar-refractivity contribution in [3.8, 4) is 0 Å². The number of amides is 1. The quantitative estimate of drug-likeness (QED) is 0.850. The van der Waals surface area contributed by atoms with Gasteiger partial charge in [-0.3, -0.25) is 4.79 Å². The number of anilines is 1. The molecule has 2 rings (SSSR count). The van der Waals surface area contributed by atoms with Gasteiger partial charge < -0.3 is 10.2 Å². The smallest absolute Gasteiger partial charge is 0.317 e. The summed E-state index contributed by atoms with van der Waals surface area (Å²) >= 11 is 0. The predicted octanol–water partition coefficient (Wildman–Crippen LogP) is 2.79. The molecule has 1 aromatic carbocycles. The van der Waals surface area contributed by atoms with Gasteiger partial charge in [0.05, 0.1) is 10.5 Å². The normalized spacial score (nSPS) is 15.2. The number of hydrogen-bond donors (Lipinski definition) is 1. The van der Waals surface area contributed by atoms with Gasteiger partial charge in [-0.05, 0) is 18.9 Å². The van der Waals surface area contributed by atoms with E-state index in [2.05, 4.69) is 10.2 Å². The Hall–Kier alpha value is -2.11. The summed E-state index contributed by atoms with van der Waals surface area (Å²) in [6.45, 7) is 0. The highest BCUT2D eigenvalue weighted by Crippen LogP contribution is 2.25. The lowest BCUT2D eigenvalue weighted by Crippen LogP contribution is -2.36. The van der Waals surface area contributed by atoms with Gasteiger partial charge in [0.25, 0.3) is 10.8 Å². The Balaban J connectivity index is 2.25. The Kier molecular flexibility index (Phi) is 5.35. The van der Waals surface area contributed by atoms with Crippen molar-refractivity contribution in [3.63, 3.8) is 0 Å². The fourth-order valence-corrected chi connectivity index (χ4v) is 2.82. The Morgan fingerprint density at radius 2 is 1.95 bits per heavy atom. The molecule has 0 saturated heterocycles. The van der Waals surface area contributed by atoms with Gasteiger partial charge in [0.2, 0.25) is 0 Å². The van der Waals surface area contributed by atoms with Crippen molar-refractivity contribution in [1.82, 2.24) is 5.32 Å². The van der Waals surface area contributed by atoms with Crippen molar-refractivity contribution in [2.75, 3.05) is 26.1 Å². The SMILES string of the molecule is CO[N+](=O)c1ccc(N(C)C)c(C(=O)NC2CCCCC2)c1. The number of nitrogens with zero attached hydrogens (tertiary/aromatic N) is 2. The van der Waals surface area contributed by atoms with Gasteiger partial charge in [-0.25, -0.2) is 4.84 Å². The predicted molar refractivity (Wildman–Crippen MR) is 85.4 cm³/mol. The molecular weight excluding hydrogens is 282 g/mol. The fraction of sp³-hybridized carbons (Fsp3) is 0.562. The number of hydrogen-bond acceptors (Lipinski definition) is 4. The van der Waals surface area contributed by atoms with Gasteiger partial charge in [0.15, 0.2) is 7.11 Å². The van der Waals surface area contributed by atoms with Crippen LogP contribution in [0.5, 0.6) is 0 Å². The van der Waals surface area contributed by atoms with E-state index in [0.29, 0.717) is 16.2 Å². The number of carbonyl (C=O) groups excluding carboxylic acids is 1. The molecule has 22 heavy (non-hydrogen) atoms. The van der Waals surface area contributed by atoms with Crippen LogP contribution in [0, 0.1) is 4.91 Å². The van der Waals surface area contributed by atoms with E-state index in [-0.39, 0.29) is 11.9 Å². The zero-order valence-electron chi connectivity index (χ0n) is 13.5. The van der Waals surface area contributed by atoms with Gasteiger partial charge in [0.1, 0.15) is 0 Å². The summed E-state index contributed by atoms with van der Waals surface area (Å²) in [5.74, 6) is -0.137. The molecule has 1 amide bonds. The van der Waals surface area contributed by atoms with Crippen LogP contribution in [0.2, 0.25) is 0 Å².